The van der Waals surface area contributed by atoms with Crippen molar-refractivity contribution in [1.29, 1.82) is 0 Å². The summed E-state index contributed by atoms with van der Waals surface area (Å²) >= 11 is 0. The van der Waals surface area contributed by atoms with Crippen LogP contribution in [-0.4, -0.2) is 36.9 Å². The van der Waals surface area contributed by atoms with Gasteiger partial charge in [-0.05, 0) is 49.2 Å². The fourth-order valence-corrected chi connectivity index (χ4v) is 3.89. The molecule has 0 atom stereocenters. The van der Waals surface area contributed by atoms with Crippen LogP contribution in [0.2, 0.25) is 0 Å². The summed E-state index contributed by atoms with van der Waals surface area (Å²) in [6, 6.07) is 8.82. The van der Waals surface area contributed by atoms with Gasteiger partial charge in [0, 0.05) is 6.20 Å². The lowest BCUT2D eigenvalue weighted by Crippen LogP contribution is -2.55. The Morgan fingerprint density at radius 1 is 1.18 bits per heavy atom. The Balaban J connectivity index is 1.67. The lowest BCUT2D eigenvalue weighted by molar-refractivity contribution is 0.0759. The molecular formula is C16H18N2O3S. The summed E-state index contributed by atoms with van der Waals surface area (Å²) in [6.07, 6.45) is 3.18. The number of aryl methyl sites for hydroxylation is 2. The van der Waals surface area contributed by atoms with Gasteiger partial charge in [-0.2, -0.15) is 4.31 Å². The van der Waals surface area contributed by atoms with E-state index in [0.717, 1.165) is 11.1 Å². The topological polar surface area (TPSA) is 59.5 Å². The first-order valence-electron chi connectivity index (χ1n) is 7.11. The van der Waals surface area contributed by atoms with Crippen molar-refractivity contribution < 1.29 is 13.2 Å². The minimum absolute atomic E-state index is 0.120. The molecule has 0 spiro atoms. The van der Waals surface area contributed by atoms with Crippen molar-refractivity contribution in [1.82, 2.24) is 9.29 Å². The molecule has 116 valence electrons. The SMILES string of the molecule is Cc1ccc(S(=O)(=O)N2CC(Oc3cccnc3)C2)cc1C. The minimum atomic E-state index is -3.43. The number of benzene rings is 1. The van der Waals surface area contributed by atoms with Crippen molar-refractivity contribution >= 4 is 10.0 Å². The zero-order valence-electron chi connectivity index (χ0n) is 12.6. The summed E-state index contributed by atoms with van der Waals surface area (Å²) in [5.41, 5.74) is 2.06. The highest BCUT2D eigenvalue weighted by Crippen LogP contribution is 2.25. The Hall–Kier alpha value is -1.92. The summed E-state index contributed by atoms with van der Waals surface area (Å²) in [5, 5.41) is 0. The Morgan fingerprint density at radius 3 is 2.59 bits per heavy atom. The maximum atomic E-state index is 12.5. The highest BCUT2D eigenvalue weighted by molar-refractivity contribution is 7.89. The quantitative estimate of drug-likeness (QED) is 0.867. The van der Waals surface area contributed by atoms with E-state index < -0.39 is 10.0 Å². The van der Waals surface area contributed by atoms with E-state index >= 15 is 0 Å². The molecule has 5 nitrogen and oxygen atoms in total. The van der Waals surface area contributed by atoms with Crippen LogP contribution in [0.5, 0.6) is 5.75 Å². The monoisotopic (exact) mass is 318 g/mol. The molecule has 0 bridgehead atoms. The third-order valence-electron chi connectivity index (χ3n) is 3.87. The predicted molar refractivity (Wildman–Crippen MR) is 83.3 cm³/mol. The van der Waals surface area contributed by atoms with Crippen molar-refractivity contribution in [2.24, 2.45) is 0 Å². The van der Waals surface area contributed by atoms with E-state index in [-0.39, 0.29) is 6.10 Å². The van der Waals surface area contributed by atoms with Crippen LogP contribution >= 0.6 is 0 Å². The summed E-state index contributed by atoms with van der Waals surface area (Å²) < 4.78 is 32.2. The molecule has 1 aliphatic rings. The molecule has 2 aromatic rings. The van der Waals surface area contributed by atoms with Crippen molar-refractivity contribution in [3.8, 4) is 5.75 Å². The average molecular weight is 318 g/mol. The van der Waals surface area contributed by atoms with Gasteiger partial charge in [-0.15, -0.1) is 0 Å². The molecule has 1 saturated heterocycles. The molecule has 1 aromatic heterocycles. The number of pyridine rings is 1. The molecule has 0 unspecified atom stereocenters. The van der Waals surface area contributed by atoms with Crippen LogP contribution < -0.4 is 4.74 Å². The van der Waals surface area contributed by atoms with Gasteiger partial charge < -0.3 is 4.74 Å². The number of hydrogen-bond acceptors (Lipinski definition) is 4. The number of aromatic nitrogens is 1. The Bertz CT molecular complexity index is 769. The van der Waals surface area contributed by atoms with E-state index in [1.807, 2.05) is 26.0 Å². The van der Waals surface area contributed by atoms with Crippen LogP contribution in [-0.2, 0) is 10.0 Å². The maximum Gasteiger partial charge on any atom is 0.243 e. The first-order valence-corrected chi connectivity index (χ1v) is 8.55. The molecule has 0 saturated carbocycles. The van der Waals surface area contributed by atoms with Gasteiger partial charge in [0.2, 0.25) is 10.0 Å². The minimum Gasteiger partial charge on any atom is -0.486 e. The van der Waals surface area contributed by atoms with Crippen molar-refractivity contribution in [2.45, 2.75) is 24.8 Å². The Labute approximate surface area is 130 Å². The molecule has 0 aliphatic carbocycles. The van der Waals surface area contributed by atoms with Gasteiger partial charge in [-0.1, -0.05) is 6.07 Å². The van der Waals surface area contributed by atoms with Gasteiger partial charge in [0.05, 0.1) is 24.2 Å². The Morgan fingerprint density at radius 2 is 1.95 bits per heavy atom. The number of nitrogens with zero attached hydrogens (tertiary/aromatic N) is 2. The standard InChI is InChI=1S/C16H18N2O3S/c1-12-5-6-16(8-13(12)2)22(19,20)18-10-15(11-18)21-14-4-3-7-17-9-14/h3-9,15H,10-11H2,1-2H3. The maximum absolute atomic E-state index is 12.5. The molecular weight excluding hydrogens is 300 g/mol. The molecule has 6 heteroatoms. The summed E-state index contributed by atoms with van der Waals surface area (Å²) in [6.45, 7) is 4.61. The summed E-state index contributed by atoms with van der Waals surface area (Å²) in [5.74, 6) is 0.663. The number of ether oxygens (including phenoxy) is 1. The zero-order valence-corrected chi connectivity index (χ0v) is 13.4. The molecule has 0 radical (unpaired) electrons. The van der Waals surface area contributed by atoms with E-state index in [9.17, 15) is 8.42 Å². The van der Waals surface area contributed by atoms with Gasteiger partial charge in [-0.25, -0.2) is 8.42 Å². The second-order valence-corrected chi connectivity index (χ2v) is 7.43. The normalized spacial score (nSPS) is 16.3. The molecule has 1 aliphatic heterocycles. The summed E-state index contributed by atoms with van der Waals surface area (Å²) in [7, 11) is -3.43. The van der Waals surface area contributed by atoms with Gasteiger partial charge in [0.15, 0.2) is 0 Å². The fraction of sp³-hybridized carbons (Fsp3) is 0.312. The second kappa shape index (κ2) is 5.70. The van der Waals surface area contributed by atoms with E-state index in [0.29, 0.717) is 23.7 Å². The fourth-order valence-electron chi connectivity index (χ4n) is 2.30. The first-order chi connectivity index (χ1) is 10.5. The van der Waals surface area contributed by atoms with Gasteiger partial charge in [0.1, 0.15) is 11.9 Å². The van der Waals surface area contributed by atoms with Crippen LogP contribution in [0.3, 0.4) is 0 Å². The van der Waals surface area contributed by atoms with Crippen molar-refractivity contribution in [3.05, 3.63) is 53.9 Å². The van der Waals surface area contributed by atoms with Crippen molar-refractivity contribution in [3.63, 3.8) is 0 Å². The highest BCUT2D eigenvalue weighted by atomic mass is 32.2. The Kier molecular flexibility index (Phi) is 3.88. The predicted octanol–water partition coefficient (Wildman–Crippen LogP) is 2.15. The van der Waals surface area contributed by atoms with Crippen molar-refractivity contribution in [2.75, 3.05) is 13.1 Å². The largest absolute Gasteiger partial charge is 0.486 e. The van der Waals surface area contributed by atoms with Gasteiger partial charge >= 0.3 is 0 Å². The van der Waals surface area contributed by atoms with Crippen LogP contribution in [0.25, 0.3) is 0 Å². The second-order valence-electron chi connectivity index (χ2n) is 5.50. The number of hydrogen-bond donors (Lipinski definition) is 0. The van der Waals surface area contributed by atoms with Crippen LogP contribution in [0, 0.1) is 13.8 Å². The molecule has 1 fully saturated rings. The molecule has 0 N–H and O–H groups in total. The van der Waals surface area contributed by atoms with E-state index in [4.69, 9.17) is 4.74 Å². The molecule has 2 heterocycles. The number of sulfonamides is 1. The zero-order chi connectivity index (χ0) is 15.7. The van der Waals surface area contributed by atoms with Gasteiger partial charge in [-0.3, -0.25) is 4.98 Å². The van der Waals surface area contributed by atoms with E-state index in [1.54, 1.807) is 30.6 Å². The van der Waals surface area contributed by atoms with Crippen LogP contribution in [0.1, 0.15) is 11.1 Å². The molecule has 1 aromatic carbocycles. The van der Waals surface area contributed by atoms with Crippen LogP contribution in [0.15, 0.2) is 47.6 Å². The molecule has 22 heavy (non-hydrogen) atoms. The lowest BCUT2D eigenvalue weighted by atomic mass is 10.1. The van der Waals surface area contributed by atoms with Gasteiger partial charge in [0.25, 0.3) is 0 Å². The third-order valence-corrected chi connectivity index (χ3v) is 5.70. The lowest BCUT2D eigenvalue weighted by Gasteiger charge is -2.37. The van der Waals surface area contributed by atoms with Crippen LogP contribution in [0.4, 0.5) is 0 Å². The van der Waals surface area contributed by atoms with E-state index in [2.05, 4.69) is 4.98 Å². The first kappa shape index (κ1) is 15.0. The van der Waals surface area contributed by atoms with E-state index in [1.165, 1.54) is 4.31 Å². The molecule has 3 rings (SSSR count). The third kappa shape index (κ3) is 2.84. The number of rotatable bonds is 4. The average Bonchev–Trinajstić information content (AvgIpc) is 2.46. The summed E-state index contributed by atoms with van der Waals surface area (Å²) in [4.78, 5) is 4.32. The molecule has 0 amide bonds. The highest BCUT2D eigenvalue weighted by Gasteiger charge is 2.38. The smallest absolute Gasteiger partial charge is 0.243 e.